The van der Waals surface area contributed by atoms with Crippen LogP contribution in [-0.4, -0.2) is 75.4 Å². The van der Waals surface area contributed by atoms with Crippen molar-refractivity contribution in [2.24, 2.45) is 0 Å². The molecular formula is C6H15NO9S2. The van der Waals surface area contributed by atoms with Crippen molar-refractivity contribution in [2.45, 2.75) is 0 Å². The summed E-state index contributed by atoms with van der Waals surface area (Å²) in [6.07, 6.45) is 0. The summed E-state index contributed by atoms with van der Waals surface area (Å²) in [6.45, 7) is -4.14. The fourth-order valence-corrected chi connectivity index (χ4v) is 3.39. The summed E-state index contributed by atoms with van der Waals surface area (Å²) < 4.78 is 53.9. The number of aliphatic hydroxyl groups excluding tert-OH is 3. The van der Waals surface area contributed by atoms with Gasteiger partial charge in [0.2, 0.25) is 0 Å². The van der Waals surface area contributed by atoms with E-state index in [0.717, 1.165) is 0 Å². The first-order valence-corrected chi connectivity index (χ1v) is 7.44. The molecule has 0 aliphatic rings. The molecule has 0 bridgehead atoms. The average Bonchev–Trinajstić information content (AvgIpc) is 2.30. The van der Waals surface area contributed by atoms with Gasteiger partial charge in [-0.1, -0.05) is 0 Å². The second kappa shape index (κ2) is 7.96. The molecule has 18 heavy (non-hydrogen) atoms. The normalized spacial score (nSPS) is 13.1. The fourth-order valence-electron chi connectivity index (χ4n) is 0.820. The number of hydrogen-bond donors (Lipinski definition) is 3. The molecule has 0 heterocycles. The van der Waals surface area contributed by atoms with Gasteiger partial charge in [0.25, 0.3) is 0 Å². The third-order valence-electron chi connectivity index (χ3n) is 1.43. The molecule has 0 aromatic carbocycles. The van der Waals surface area contributed by atoms with Crippen LogP contribution in [0.2, 0.25) is 0 Å². The van der Waals surface area contributed by atoms with Crippen LogP contribution >= 0.6 is 0 Å². The summed E-state index contributed by atoms with van der Waals surface area (Å²) in [7, 11) is -9.43. The van der Waals surface area contributed by atoms with Gasteiger partial charge in [-0.15, -0.1) is 0 Å². The van der Waals surface area contributed by atoms with Crippen LogP contribution in [0.5, 0.6) is 0 Å². The topological polar surface area (TPSA) is 151 Å². The van der Waals surface area contributed by atoms with E-state index in [1.54, 1.807) is 0 Å². The summed E-state index contributed by atoms with van der Waals surface area (Å²) in [4.78, 5) is 0. The van der Waals surface area contributed by atoms with Gasteiger partial charge >= 0.3 is 20.6 Å². The zero-order chi connectivity index (χ0) is 14.2. The first-order valence-electron chi connectivity index (χ1n) is 4.71. The lowest BCUT2D eigenvalue weighted by Gasteiger charge is -2.19. The molecule has 10 nitrogen and oxygen atoms in total. The Bertz CT molecular complexity index is 378. The van der Waals surface area contributed by atoms with E-state index in [-0.39, 0.29) is 3.71 Å². The van der Waals surface area contributed by atoms with Gasteiger partial charge in [-0.25, -0.2) is 0 Å². The Labute approximate surface area is 105 Å². The molecule has 0 aliphatic heterocycles. The standard InChI is InChI=1S/C6H15NO9S2/c8-2-1-7(17(11,12)15-5-3-9)18(13,14)16-6-4-10/h8-10H,1-6H2. The highest BCUT2D eigenvalue weighted by Gasteiger charge is 2.35. The minimum atomic E-state index is -4.72. The van der Waals surface area contributed by atoms with E-state index < -0.39 is 60.2 Å². The third kappa shape index (κ3) is 5.53. The maximum atomic E-state index is 11.4. The zero-order valence-corrected chi connectivity index (χ0v) is 10.9. The molecule has 0 amide bonds. The lowest BCUT2D eigenvalue weighted by molar-refractivity contribution is 0.180. The highest BCUT2D eigenvalue weighted by atomic mass is 32.3. The van der Waals surface area contributed by atoms with Crippen molar-refractivity contribution in [2.75, 3.05) is 39.6 Å². The number of rotatable bonds is 10. The Kier molecular flexibility index (Phi) is 7.81. The maximum absolute atomic E-state index is 11.4. The number of hydrogen-bond acceptors (Lipinski definition) is 9. The Morgan fingerprint density at radius 1 is 0.778 bits per heavy atom. The molecule has 0 aromatic rings. The van der Waals surface area contributed by atoms with Crippen LogP contribution in [-0.2, 0) is 29.0 Å². The van der Waals surface area contributed by atoms with E-state index in [1.807, 2.05) is 0 Å². The van der Waals surface area contributed by atoms with Crippen molar-refractivity contribution in [1.29, 1.82) is 0 Å². The van der Waals surface area contributed by atoms with E-state index in [2.05, 4.69) is 8.37 Å². The number of nitrogens with zero attached hydrogens (tertiary/aromatic N) is 1. The highest BCUT2D eigenvalue weighted by molar-refractivity contribution is 7.99. The van der Waals surface area contributed by atoms with Gasteiger partial charge in [-0.2, -0.15) is 16.8 Å². The van der Waals surface area contributed by atoms with E-state index >= 15 is 0 Å². The molecule has 0 unspecified atom stereocenters. The minimum absolute atomic E-state index is 0.203. The monoisotopic (exact) mass is 309 g/mol. The molecule has 12 heteroatoms. The van der Waals surface area contributed by atoms with E-state index in [1.165, 1.54) is 0 Å². The van der Waals surface area contributed by atoms with Gasteiger partial charge in [0.05, 0.1) is 39.6 Å². The average molecular weight is 309 g/mol. The quantitative estimate of drug-likeness (QED) is 0.378. The lowest BCUT2D eigenvalue weighted by atomic mass is 10.8. The van der Waals surface area contributed by atoms with E-state index in [0.29, 0.717) is 0 Å². The van der Waals surface area contributed by atoms with Crippen molar-refractivity contribution in [1.82, 2.24) is 3.71 Å². The van der Waals surface area contributed by atoms with Crippen molar-refractivity contribution in [3.63, 3.8) is 0 Å². The second-order valence-corrected chi connectivity index (χ2v) is 6.02. The summed E-state index contributed by atoms with van der Waals surface area (Å²) in [5, 5.41) is 25.5. The smallest absolute Gasteiger partial charge is 0.353 e. The highest BCUT2D eigenvalue weighted by Crippen LogP contribution is 2.11. The maximum Gasteiger partial charge on any atom is 0.353 e. The molecule has 0 aliphatic carbocycles. The van der Waals surface area contributed by atoms with Crippen LogP contribution in [0.3, 0.4) is 0 Å². The Morgan fingerprint density at radius 3 is 1.44 bits per heavy atom. The molecule has 110 valence electrons. The van der Waals surface area contributed by atoms with Crippen molar-refractivity contribution < 1.29 is 40.5 Å². The second-order valence-electron chi connectivity index (χ2n) is 2.73. The summed E-state index contributed by atoms with van der Waals surface area (Å²) in [5.41, 5.74) is 0. The Balaban J connectivity index is 5.06. The van der Waals surface area contributed by atoms with Gasteiger partial charge in [-0.05, 0) is 3.71 Å². The Hall–Kier alpha value is -0.340. The zero-order valence-electron chi connectivity index (χ0n) is 9.30. The van der Waals surface area contributed by atoms with Gasteiger partial charge in [-0.3, -0.25) is 8.37 Å². The molecule has 0 atom stereocenters. The van der Waals surface area contributed by atoms with Crippen molar-refractivity contribution >= 4 is 20.6 Å². The van der Waals surface area contributed by atoms with Gasteiger partial charge in [0, 0.05) is 0 Å². The predicted octanol–water partition coefficient (Wildman–Crippen LogP) is -3.21. The van der Waals surface area contributed by atoms with Crippen LogP contribution in [0.15, 0.2) is 0 Å². The molecule has 0 radical (unpaired) electrons. The summed E-state index contributed by atoms with van der Waals surface area (Å²) >= 11 is 0. The van der Waals surface area contributed by atoms with Crippen molar-refractivity contribution in [3.05, 3.63) is 0 Å². The minimum Gasteiger partial charge on any atom is -0.395 e. The molecular weight excluding hydrogens is 294 g/mol. The van der Waals surface area contributed by atoms with E-state index in [4.69, 9.17) is 15.3 Å². The first-order chi connectivity index (χ1) is 8.31. The molecule has 3 N–H and O–H groups in total. The van der Waals surface area contributed by atoms with Gasteiger partial charge < -0.3 is 15.3 Å². The molecule has 0 saturated heterocycles. The largest absolute Gasteiger partial charge is 0.395 e. The third-order valence-corrected chi connectivity index (χ3v) is 4.82. The van der Waals surface area contributed by atoms with Gasteiger partial charge in [0.1, 0.15) is 0 Å². The first kappa shape index (κ1) is 17.7. The Morgan fingerprint density at radius 2 is 1.17 bits per heavy atom. The lowest BCUT2D eigenvalue weighted by Crippen LogP contribution is -2.41. The number of aliphatic hydroxyl groups is 3. The fraction of sp³-hybridized carbons (Fsp3) is 1.00. The van der Waals surface area contributed by atoms with Gasteiger partial charge in [0.15, 0.2) is 0 Å². The predicted molar refractivity (Wildman–Crippen MR) is 57.7 cm³/mol. The molecule has 0 fully saturated rings. The molecule has 0 saturated carbocycles. The van der Waals surface area contributed by atoms with Crippen LogP contribution in [0.1, 0.15) is 0 Å². The van der Waals surface area contributed by atoms with Crippen LogP contribution in [0, 0.1) is 0 Å². The van der Waals surface area contributed by atoms with Crippen LogP contribution in [0.25, 0.3) is 0 Å². The van der Waals surface area contributed by atoms with Crippen LogP contribution < -0.4 is 0 Å². The summed E-state index contributed by atoms with van der Waals surface area (Å²) in [6, 6.07) is 0. The van der Waals surface area contributed by atoms with Crippen LogP contribution in [0.4, 0.5) is 0 Å². The molecule has 0 spiro atoms. The summed E-state index contributed by atoms with van der Waals surface area (Å²) in [5.74, 6) is 0. The molecule has 0 aromatic heterocycles. The van der Waals surface area contributed by atoms with E-state index in [9.17, 15) is 16.8 Å². The van der Waals surface area contributed by atoms with Crippen molar-refractivity contribution in [3.8, 4) is 0 Å². The molecule has 0 rings (SSSR count). The SMILES string of the molecule is O=S(=O)(OCCO)N(CCO)S(=O)(=O)OCCO.